The van der Waals surface area contributed by atoms with E-state index in [2.05, 4.69) is 206 Å². The first-order valence-electron chi connectivity index (χ1n) is 20.9. The van der Waals surface area contributed by atoms with E-state index in [-0.39, 0.29) is 0 Å². The standard InChI is InChI=1S/C58H36N2OS/c1-4-15-37(16-5-1)42-33-43(38-17-6-2-7-18-38)35-44(34-42)58-59-51(40-19-8-3-9-20-40)36-52(60-58)41-29-27-39(28-30-41)45-31-32-47(56-55(45)50-22-10-12-25-53(50)61-56)49-24-14-23-48-46-21-11-13-26-54(46)62-57(48)49/h1-36H. The number of hydrogen-bond acceptors (Lipinski definition) is 4. The number of rotatable bonds is 7. The molecule has 3 heterocycles. The molecule has 62 heavy (non-hydrogen) atoms. The summed E-state index contributed by atoms with van der Waals surface area (Å²) in [6, 6.07) is 77.2. The number of aromatic nitrogens is 2. The molecule has 0 aliphatic carbocycles. The van der Waals surface area contributed by atoms with E-state index < -0.39 is 0 Å². The van der Waals surface area contributed by atoms with Gasteiger partial charge in [0, 0.05) is 58.8 Å². The molecule has 0 atom stereocenters. The summed E-state index contributed by atoms with van der Waals surface area (Å²) in [6.45, 7) is 0. The minimum absolute atomic E-state index is 0.677. The summed E-state index contributed by atoms with van der Waals surface area (Å²) in [7, 11) is 0. The number of thiophene rings is 1. The fraction of sp³-hybridized carbons (Fsp3) is 0. The van der Waals surface area contributed by atoms with Gasteiger partial charge in [-0.2, -0.15) is 0 Å². The first-order valence-corrected chi connectivity index (χ1v) is 21.7. The molecule has 0 bridgehead atoms. The molecule has 3 aromatic heterocycles. The van der Waals surface area contributed by atoms with Gasteiger partial charge in [0.25, 0.3) is 0 Å². The molecule has 0 saturated carbocycles. The van der Waals surface area contributed by atoms with Gasteiger partial charge in [0.2, 0.25) is 0 Å². The highest BCUT2D eigenvalue weighted by Crippen LogP contribution is 2.46. The summed E-state index contributed by atoms with van der Waals surface area (Å²) >= 11 is 1.84. The molecule has 12 rings (SSSR count). The zero-order valence-electron chi connectivity index (χ0n) is 33.5. The van der Waals surface area contributed by atoms with Crippen molar-refractivity contribution in [1.29, 1.82) is 0 Å². The fourth-order valence-electron chi connectivity index (χ4n) is 8.89. The molecule has 0 aliphatic rings. The van der Waals surface area contributed by atoms with E-state index in [0.717, 1.165) is 89.0 Å². The van der Waals surface area contributed by atoms with E-state index in [0.29, 0.717) is 5.82 Å². The molecule has 9 aromatic carbocycles. The van der Waals surface area contributed by atoms with Crippen LogP contribution in [0.1, 0.15) is 0 Å². The van der Waals surface area contributed by atoms with Crippen LogP contribution in [-0.2, 0) is 0 Å². The average molecular weight is 809 g/mol. The maximum atomic E-state index is 6.79. The molecule has 0 unspecified atom stereocenters. The quantitative estimate of drug-likeness (QED) is 0.161. The summed E-state index contributed by atoms with van der Waals surface area (Å²) < 4.78 is 9.35. The van der Waals surface area contributed by atoms with Crippen LogP contribution in [0.25, 0.3) is 121 Å². The monoisotopic (exact) mass is 808 g/mol. The van der Waals surface area contributed by atoms with E-state index in [1.54, 1.807) is 0 Å². The van der Waals surface area contributed by atoms with Gasteiger partial charge in [0.05, 0.1) is 11.4 Å². The molecule has 0 aliphatic heterocycles. The minimum atomic E-state index is 0.677. The van der Waals surface area contributed by atoms with Crippen LogP contribution in [0.3, 0.4) is 0 Å². The van der Waals surface area contributed by atoms with E-state index in [4.69, 9.17) is 14.4 Å². The lowest BCUT2D eigenvalue weighted by atomic mass is 9.93. The summed E-state index contributed by atoms with van der Waals surface area (Å²) in [5, 5.41) is 4.78. The normalized spacial score (nSPS) is 11.5. The lowest BCUT2D eigenvalue weighted by molar-refractivity contribution is 0.670. The van der Waals surface area contributed by atoms with Crippen molar-refractivity contribution in [2.24, 2.45) is 0 Å². The topological polar surface area (TPSA) is 38.9 Å². The molecule has 12 aromatic rings. The predicted molar refractivity (Wildman–Crippen MR) is 260 cm³/mol. The van der Waals surface area contributed by atoms with Crippen molar-refractivity contribution in [3.63, 3.8) is 0 Å². The Morgan fingerprint density at radius 3 is 1.56 bits per heavy atom. The van der Waals surface area contributed by atoms with Gasteiger partial charge in [-0.1, -0.05) is 176 Å². The third-order valence-corrected chi connectivity index (χ3v) is 13.1. The highest BCUT2D eigenvalue weighted by molar-refractivity contribution is 7.26. The molecule has 0 N–H and O–H groups in total. The molecular weight excluding hydrogens is 773 g/mol. The van der Waals surface area contributed by atoms with Crippen LogP contribution in [0, 0.1) is 0 Å². The number of fused-ring (bicyclic) bond motifs is 6. The van der Waals surface area contributed by atoms with E-state index >= 15 is 0 Å². The molecule has 0 spiro atoms. The van der Waals surface area contributed by atoms with Crippen molar-refractivity contribution in [3.05, 3.63) is 218 Å². The highest BCUT2D eigenvalue weighted by atomic mass is 32.1. The zero-order chi connectivity index (χ0) is 41.0. The van der Waals surface area contributed by atoms with E-state index in [9.17, 15) is 0 Å². The van der Waals surface area contributed by atoms with Crippen molar-refractivity contribution < 1.29 is 4.42 Å². The van der Waals surface area contributed by atoms with Gasteiger partial charge in [-0.15, -0.1) is 11.3 Å². The smallest absolute Gasteiger partial charge is 0.160 e. The third kappa shape index (κ3) is 6.28. The third-order valence-electron chi connectivity index (χ3n) is 11.9. The van der Waals surface area contributed by atoms with Crippen LogP contribution in [-0.4, -0.2) is 9.97 Å². The molecule has 0 amide bonds. The largest absolute Gasteiger partial charge is 0.455 e. The molecule has 290 valence electrons. The van der Waals surface area contributed by atoms with Crippen LogP contribution in [0.2, 0.25) is 0 Å². The Balaban J connectivity index is 0.994. The summed E-state index contributed by atoms with van der Waals surface area (Å²) in [6.07, 6.45) is 0. The predicted octanol–water partition coefficient (Wildman–Crippen LogP) is 16.4. The fourth-order valence-corrected chi connectivity index (χ4v) is 10.1. The Hall–Kier alpha value is -7.92. The second-order valence-electron chi connectivity index (χ2n) is 15.7. The van der Waals surface area contributed by atoms with Crippen LogP contribution in [0.15, 0.2) is 223 Å². The number of para-hydroxylation sites is 1. The van der Waals surface area contributed by atoms with Crippen LogP contribution in [0.5, 0.6) is 0 Å². The van der Waals surface area contributed by atoms with Crippen molar-refractivity contribution in [1.82, 2.24) is 9.97 Å². The number of nitrogens with zero attached hydrogens (tertiary/aromatic N) is 2. The lowest BCUT2D eigenvalue weighted by Crippen LogP contribution is -1.97. The molecule has 3 nitrogen and oxygen atoms in total. The van der Waals surface area contributed by atoms with Crippen molar-refractivity contribution in [3.8, 4) is 78.4 Å². The molecule has 4 heteroatoms. The zero-order valence-corrected chi connectivity index (χ0v) is 34.3. The lowest BCUT2D eigenvalue weighted by Gasteiger charge is -2.13. The number of furan rings is 1. The second kappa shape index (κ2) is 15.0. The molecule has 0 saturated heterocycles. The Bertz CT molecular complexity index is 3550. The first-order chi connectivity index (χ1) is 30.7. The highest BCUT2D eigenvalue weighted by Gasteiger charge is 2.20. The van der Waals surface area contributed by atoms with Gasteiger partial charge in [-0.25, -0.2) is 9.97 Å². The summed E-state index contributed by atoms with van der Waals surface area (Å²) in [5.41, 5.74) is 15.6. The van der Waals surface area contributed by atoms with Gasteiger partial charge in [-0.05, 0) is 75.8 Å². The summed E-state index contributed by atoms with van der Waals surface area (Å²) in [5.74, 6) is 0.677. The van der Waals surface area contributed by atoms with Gasteiger partial charge >= 0.3 is 0 Å². The minimum Gasteiger partial charge on any atom is -0.455 e. The average Bonchev–Trinajstić information content (AvgIpc) is 3.94. The summed E-state index contributed by atoms with van der Waals surface area (Å²) in [4.78, 5) is 10.5. The van der Waals surface area contributed by atoms with Crippen molar-refractivity contribution >= 4 is 53.4 Å². The van der Waals surface area contributed by atoms with Gasteiger partial charge in [-0.3, -0.25) is 0 Å². The molecule has 0 fully saturated rings. The first kappa shape index (κ1) is 36.0. The number of hydrogen-bond donors (Lipinski definition) is 0. The van der Waals surface area contributed by atoms with Crippen LogP contribution >= 0.6 is 11.3 Å². The van der Waals surface area contributed by atoms with Crippen LogP contribution < -0.4 is 0 Å². The second-order valence-corrected chi connectivity index (χ2v) is 16.7. The van der Waals surface area contributed by atoms with Crippen molar-refractivity contribution in [2.45, 2.75) is 0 Å². The Morgan fingerprint density at radius 1 is 0.339 bits per heavy atom. The molecular formula is C58H36N2OS. The SMILES string of the molecule is c1ccc(-c2cc(-c3ccccc3)cc(-c3nc(-c4ccccc4)cc(-c4ccc(-c5ccc(-c6cccc7c6sc6ccccc67)c6oc7ccccc7c56)cc4)n3)c2)cc1. The van der Waals surface area contributed by atoms with Gasteiger partial charge in [0.1, 0.15) is 11.2 Å². The van der Waals surface area contributed by atoms with E-state index in [1.807, 2.05) is 23.5 Å². The Labute approximate surface area is 362 Å². The Morgan fingerprint density at radius 2 is 0.871 bits per heavy atom. The number of benzene rings is 9. The Kier molecular flexibility index (Phi) is 8.68. The van der Waals surface area contributed by atoms with Crippen LogP contribution in [0.4, 0.5) is 0 Å². The van der Waals surface area contributed by atoms with Gasteiger partial charge < -0.3 is 4.42 Å². The molecule has 0 radical (unpaired) electrons. The maximum absolute atomic E-state index is 6.79. The van der Waals surface area contributed by atoms with Gasteiger partial charge in [0.15, 0.2) is 5.82 Å². The van der Waals surface area contributed by atoms with E-state index in [1.165, 1.54) is 25.7 Å². The van der Waals surface area contributed by atoms with Crippen molar-refractivity contribution in [2.75, 3.05) is 0 Å². The maximum Gasteiger partial charge on any atom is 0.160 e.